The predicted octanol–water partition coefficient (Wildman–Crippen LogP) is 4.17. The lowest BCUT2D eigenvalue weighted by Crippen LogP contribution is -2.25. The third-order valence-electron chi connectivity index (χ3n) is 4.63. The van der Waals surface area contributed by atoms with Crippen LogP contribution in [0.15, 0.2) is 77.7 Å². The standard InChI is InChI=1S/C24H26N2O4S/c1-3-30-22-11-13-23(14-12-22)31(28,29)26-21-9-7-20(8-10-21)24(27)25-16-15-19-6-4-5-18(2)17-19/h4-14,17,26H,3,15-16H2,1-2H3,(H,25,27). The highest BCUT2D eigenvalue weighted by Gasteiger charge is 2.15. The third kappa shape index (κ3) is 6.33. The molecule has 0 bridgehead atoms. The number of nitrogens with one attached hydrogen (secondary N) is 2. The molecule has 0 atom stereocenters. The Morgan fingerprint density at radius 3 is 2.32 bits per heavy atom. The monoisotopic (exact) mass is 438 g/mol. The lowest BCUT2D eigenvalue weighted by Gasteiger charge is -2.10. The molecule has 0 aromatic heterocycles. The molecule has 0 fully saturated rings. The van der Waals surface area contributed by atoms with Gasteiger partial charge in [0.2, 0.25) is 0 Å². The van der Waals surface area contributed by atoms with Gasteiger partial charge in [0, 0.05) is 17.8 Å². The van der Waals surface area contributed by atoms with Crippen molar-refractivity contribution < 1.29 is 17.9 Å². The summed E-state index contributed by atoms with van der Waals surface area (Å²) in [6.07, 6.45) is 0.743. The molecule has 0 saturated heterocycles. The van der Waals surface area contributed by atoms with E-state index in [2.05, 4.69) is 16.1 Å². The van der Waals surface area contributed by atoms with Crippen LogP contribution >= 0.6 is 0 Å². The zero-order valence-corrected chi connectivity index (χ0v) is 18.4. The quantitative estimate of drug-likeness (QED) is 0.525. The van der Waals surface area contributed by atoms with Crippen molar-refractivity contribution in [3.05, 3.63) is 89.5 Å². The molecular formula is C24H26N2O4S. The van der Waals surface area contributed by atoms with Crippen molar-refractivity contribution in [3.8, 4) is 5.75 Å². The van der Waals surface area contributed by atoms with Crippen LogP contribution < -0.4 is 14.8 Å². The van der Waals surface area contributed by atoms with E-state index in [9.17, 15) is 13.2 Å². The zero-order chi connectivity index (χ0) is 22.3. The normalized spacial score (nSPS) is 11.0. The fraction of sp³-hybridized carbons (Fsp3) is 0.208. The van der Waals surface area contributed by atoms with Crippen molar-refractivity contribution in [2.75, 3.05) is 17.9 Å². The third-order valence-corrected chi connectivity index (χ3v) is 6.02. The molecule has 7 heteroatoms. The summed E-state index contributed by atoms with van der Waals surface area (Å²) in [7, 11) is -3.73. The van der Waals surface area contributed by atoms with Crippen LogP contribution in [0.25, 0.3) is 0 Å². The van der Waals surface area contributed by atoms with Crippen LogP contribution in [0.2, 0.25) is 0 Å². The van der Waals surface area contributed by atoms with Crippen LogP contribution in [0, 0.1) is 6.92 Å². The molecule has 0 heterocycles. The summed E-state index contributed by atoms with van der Waals surface area (Å²) in [4.78, 5) is 12.5. The van der Waals surface area contributed by atoms with Gasteiger partial charge < -0.3 is 10.1 Å². The summed E-state index contributed by atoms with van der Waals surface area (Å²) in [6, 6.07) is 20.7. The predicted molar refractivity (Wildman–Crippen MR) is 122 cm³/mol. The first kappa shape index (κ1) is 22.4. The topological polar surface area (TPSA) is 84.5 Å². The minimum absolute atomic E-state index is 0.133. The van der Waals surface area contributed by atoms with E-state index in [1.54, 1.807) is 36.4 Å². The summed E-state index contributed by atoms with van der Waals surface area (Å²) >= 11 is 0. The second kappa shape index (κ2) is 10.1. The fourth-order valence-electron chi connectivity index (χ4n) is 3.08. The van der Waals surface area contributed by atoms with Gasteiger partial charge in [0.25, 0.3) is 15.9 Å². The second-order valence-corrected chi connectivity index (χ2v) is 8.76. The highest BCUT2D eigenvalue weighted by molar-refractivity contribution is 7.92. The van der Waals surface area contributed by atoms with E-state index in [-0.39, 0.29) is 10.8 Å². The number of rotatable bonds is 9. The Balaban J connectivity index is 1.56. The van der Waals surface area contributed by atoms with E-state index < -0.39 is 10.0 Å². The van der Waals surface area contributed by atoms with Gasteiger partial charge in [-0.3, -0.25) is 9.52 Å². The fourth-order valence-corrected chi connectivity index (χ4v) is 4.13. The SMILES string of the molecule is CCOc1ccc(S(=O)(=O)Nc2ccc(C(=O)NCCc3cccc(C)c3)cc2)cc1. The van der Waals surface area contributed by atoms with Crippen molar-refractivity contribution in [1.82, 2.24) is 5.32 Å². The van der Waals surface area contributed by atoms with Gasteiger partial charge in [-0.25, -0.2) is 8.42 Å². The van der Waals surface area contributed by atoms with E-state index in [1.165, 1.54) is 23.3 Å². The van der Waals surface area contributed by atoms with Crippen LogP contribution in [-0.2, 0) is 16.4 Å². The average molecular weight is 439 g/mol. The Bertz CT molecular complexity index is 1130. The highest BCUT2D eigenvalue weighted by Crippen LogP contribution is 2.19. The molecule has 6 nitrogen and oxygen atoms in total. The van der Waals surface area contributed by atoms with Gasteiger partial charge in [-0.15, -0.1) is 0 Å². The summed E-state index contributed by atoms with van der Waals surface area (Å²) in [5.74, 6) is 0.410. The number of hydrogen-bond donors (Lipinski definition) is 2. The highest BCUT2D eigenvalue weighted by atomic mass is 32.2. The maximum Gasteiger partial charge on any atom is 0.261 e. The maximum atomic E-state index is 12.6. The first-order chi connectivity index (χ1) is 14.9. The molecule has 0 aliphatic rings. The summed E-state index contributed by atoms with van der Waals surface area (Å²) in [6.45, 7) is 4.93. The van der Waals surface area contributed by atoms with Gasteiger partial charge in [-0.2, -0.15) is 0 Å². The van der Waals surface area contributed by atoms with Gasteiger partial charge in [0.05, 0.1) is 11.5 Å². The Morgan fingerprint density at radius 2 is 1.68 bits per heavy atom. The molecule has 0 aliphatic carbocycles. The molecule has 1 amide bonds. The van der Waals surface area contributed by atoms with Gasteiger partial charge >= 0.3 is 0 Å². The first-order valence-electron chi connectivity index (χ1n) is 10.1. The average Bonchev–Trinajstić information content (AvgIpc) is 2.75. The summed E-state index contributed by atoms with van der Waals surface area (Å²) < 4.78 is 33.0. The van der Waals surface area contributed by atoms with E-state index in [0.29, 0.717) is 30.2 Å². The molecule has 0 unspecified atom stereocenters. The van der Waals surface area contributed by atoms with Crippen LogP contribution in [0.3, 0.4) is 0 Å². The van der Waals surface area contributed by atoms with E-state index in [1.807, 2.05) is 32.0 Å². The van der Waals surface area contributed by atoms with Crippen molar-refractivity contribution in [1.29, 1.82) is 0 Å². The van der Waals surface area contributed by atoms with Gasteiger partial charge in [0.1, 0.15) is 5.75 Å². The van der Waals surface area contributed by atoms with Gasteiger partial charge in [0.15, 0.2) is 0 Å². The molecule has 2 N–H and O–H groups in total. The number of anilines is 1. The van der Waals surface area contributed by atoms with E-state index >= 15 is 0 Å². The van der Waals surface area contributed by atoms with Gasteiger partial charge in [-0.1, -0.05) is 29.8 Å². The Kier molecular flexibility index (Phi) is 7.31. The smallest absolute Gasteiger partial charge is 0.261 e. The van der Waals surface area contributed by atoms with Crippen LogP contribution in [-0.4, -0.2) is 27.5 Å². The second-order valence-electron chi connectivity index (χ2n) is 7.08. The van der Waals surface area contributed by atoms with Crippen molar-refractivity contribution in [3.63, 3.8) is 0 Å². The molecular weight excluding hydrogens is 412 g/mol. The zero-order valence-electron chi connectivity index (χ0n) is 17.6. The minimum atomic E-state index is -3.73. The summed E-state index contributed by atoms with van der Waals surface area (Å²) in [5, 5.41) is 2.89. The molecule has 31 heavy (non-hydrogen) atoms. The molecule has 0 saturated carbocycles. The molecule has 0 spiro atoms. The number of aryl methyl sites for hydroxylation is 1. The number of carbonyl (C=O) groups is 1. The maximum absolute atomic E-state index is 12.6. The molecule has 3 aromatic carbocycles. The van der Waals surface area contributed by atoms with Crippen LogP contribution in [0.1, 0.15) is 28.4 Å². The van der Waals surface area contributed by atoms with Crippen LogP contribution in [0.5, 0.6) is 5.75 Å². The number of ether oxygens (including phenoxy) is 1. The Labute approximate surface area is 183 Å². The number of carbonyl (C=O) groups excluding carboxylic acids is 1. The largest absolute Gasteiger partial charge is 0.494 e. The number of benzene rings is 3. The van der Waals surface area contributed by atoms with E-state index in [0.717, 1.165) is 6.42 Å². The summed E-state index contributed by atoms with van der Waals surface area (Å²) in [5.41, 5.74) is 3.20. The minimum Gasteiger partial charge on any atom is -0.494 e. The molecule has 3 rings (SSSR count). The lowest BCUT2D eigenvalue weighted by molar-refractivity contribution is 0.0954. The molecule has 0 aliphatic heterocycles. The Morgan fingerprint density at radius 1 is 0.968 bits per heavy atom. The number of sulfonamides is 1. The van der Waals surface area contributed by atoms with E-state index in [4.69, 9.17) is 4.74 Å². The van der Waals surface area contributed by atoms with Gasteiger partial charge in [-0.05, 0) is 74.4 Å². The molecule has 0 radical (unpaired) electrons. The van der Waals surface area contributed by atoms with Crippen molar-refractivity contribution in [2.24, 2.45) is 0 Å². The lowest BCUT2D eigenvalue weighted by atomic mass is 10.1. The Hall–Kier alpha value is -3.32. The van der Waals surface area contributed by atoms with Crippen molar-refractivity contribution >= 4 is 21.6 Å². The number of hydrogen-bond acceptors (Lipinski definition) is 4. The first-order valence-corrected chi connectivity index (χ1v) is 11.5. The van der Waals surface area contributed by atoms with Crippen LogP contribution in [0.4, 0.5) is 5.69 Å². The molecule has 162 valence electrons. The van der Waals surface area contributed by atoms with Crippen molar-refractivity contribution in [2.45, 2.75) is 25.2 Å². The molecule has 3 aromatic rings. The number of amides is 1.